The average Bonchev–Trinajstić information content (AvgIpc) is 2.28. The van der Waals surface area contributed by atoms with Gasteiger partial charge in [-0.1, -0.05) is 6.92 Å². The van der Waals surface area contributed by atoms with E-state index in [1.807, 2.05) is 7.05 Å². The molecule has 0 bridgehead atoms. The molecule has 0 aromatic carbocycles. The molecule has 0 saturated heterocycles. The maximum atomic E-state index is 11.7. The van der Waals surface area contributed by atoms with Crippen LogP contribution in [0.4, 0.5) is 0 Å². The predicted molar refractivity (Wildman–Crippen MR) is 77.3 cm³/mol. The summed E-state index contributed by atoms with van der Waals surface area (Å²) in [7, 11) is -1.11. The Morgan fingerprint density at radius 3 is 2.39 bits per heavy atom. The van der Waals surface area contributed by atoms with Gasteiger partial charge >= 0.3 is 0 Å². The van der Waals surface area contributed by atoms with Crippen molar-refractivity contribution in [1.29, 1.82) is 0 Å². The maximum absolute atomic E-state index is 11.7. The van der Waals surface area contributed by atoms with E-state index in [0.29, 0.717) is 19.0 Å². The first kappa shape index (κ1) is 17.8. The van der Waals surface area contributed by atoms with E-state index in [1.54, 1.807) is 0 Å². The van der Waals surface area contributed by atoms with Crippen molar-refractivity contribution >= 4 is 10.0 Å². The van der Waals surface area contributed by atoms with Gasteiger partial charge in [0, 0.05) is 19.1 Å². The largest absolute Gasteiger partial charge is 0.317 e. The van der Waals surface area contributed by atoms with Gasteiger partial charge in [-0.15, -0.1) is 0 Å². The molecule has 110 valence electrons. The van der Waals surface area contributed by atoms with Crippen LogP contribution >= 0.6 is 0 Å². The van der Waals surface area contributed by atoms with E-state index in [0.717, 1.165) is 26.1 Å². The first-order chi connectivity index (χ1) is 8.39. The van der Waals surface area contributed by atoms with Crippen molar-refractivity contribution in [2.75, 3.05) is 39.0 Å². The number of hydrogen-bond donors (Lipinski definition) is 2. The highest BCUT2D eigenvalue weighted by Gasteiger charge is 2.10. The fraction of sp³-hybridized carbons (Fsp3) is 1.00. The van der Waals surface area contributed by atoms with E-state index in [9.17, 15) is 8.42 Å². The smallest absolute Gasteiger partial charge is 0.211 e. The third kappa shape index (κ3) is 9.82. The summed E-state index contributed by atoms with van der Waals surface area (Å²) in [5.41, 5.74) is 0. The molecular formula is C12H29N3O2S. The predicted octanol–water partition coefficient (Wildman–Crippen LogP) is 0.636. The molecule has 0 radical (unpaired) electrons. The number of hydrogen-bond acceptors (Lipinski definition) is 4. The standard InChI is InChI=1S/C12H29N3O2S/c1-5-7-13-8-6-11-18(16,17)14-9-10-15(4)12(2)3/h12-14H,5-11H2,1-4H3. The van der Waals surface area contributed by atoms with E-state index >= 15 is 0 Å². The van der Waals surface area contributed by atoms with E-state index in [-0.39, 0.29) is 5.75 Å². The molecule has 5 nitrogen and oxygen atoms in total. The Morgan fingerprint density at radius 2 is 1.83 bits per heavy atom. The quantitative estimate of drug-likeness (QED) is 0.545. The number of likely N-dealkylation sites (N-methyl/N-ethyl adjacent to an activating group) is 1. The topological polar surface area (TPSA) is 61.4 Å². The van der Waals surface area contributed by atoms with Crippen molar-refractivity contribution in [3.8, 4) is 0 Å². The van der Waals surface area contributed by atoms with Crippen molar-refractivity contribution in [3.63, 3.8) is 0 Å². The normalized spacial score (nSPS) is 12.6. The van der Waals surface area contributed by atoms with Crippen LogP contribution in [0.3, 0.4) is 0 Å². The molecule has 18 heavy (non-hydrogen) atoms. The second-order valence-electron chi connectivity index (χ2n) is 4.89. The van der Waals surface area contributed by atoms with Gasteiger partial charge in [0.1, 0.15) is 0 Å². The highest BCUT2D eigenvalue weighted by atomic mass is 32.2. The third-order valence-electron chi connectivity index (χ3n) is 2.86. The van der Waals surface area contributed by atoms with Crippen LogP contribution in [0.25, 0.3) is 0 Å². The van der Waals surface area contributed by atoms with Crippen LogP contribution < -0.4 is 10.0 Å². The first-order valence-corrected chi connectivity index (χ1v) is 8.42. The molecule has 0 aliphatic carbocycles. The summed E-state index contributed by atoms with van der Waals surface area (Å²) in [6, 6.07) is 0.438. The first-order valence-electron chi connectivity index (χ1n) is 6.77. The van der Waals surface area contributed by atoms with Gasteiger partial charge in [-0.2, -0.15) is 0 Å². The van der Waals surface area contributed by atoms with Crippen LogP contribution in [-0.4, -0.2) is 58.3 Å². The molecule has 0 atom stereocenters. The fourth-order valence-corrected chi connectivity index (χ4v) is 2.47. The van der Waals surface area contributed by atoms with Crippen molar-refractivity contribution in [3.05, 3.63) is 0 Å². The second kappa shape index (κ2) is 9.72. The van der Waals surface area contributed by atoms with Crippen LogP contribution in [0.5, 0.6) is 0 Å². The number of nitrogens with zero attached hydrogens (tertiary/aromatic N) is 1. The zero-order valence-corrected chi connectivity index (χ0v) is 13.0. The molecule has 0 amide bonds. The Morgan fingerprint density at radius 1 is 1.17 bits per heavy atom. The molecule has 0 aromatic heterocycles. The molecule has 0 spiro atoms. The summed E-state index contributed by atoms with van der Waals surface area (Å²) in [4.78, 5) is 2.12. The van der Waals surface area contributed by atoms with Crippen molar-refractivity contribution < 1.29 is 8.42 Å². The number of sulfonamides is 1. The lowest BCUT2D eigenvalue weighted by molar-refractivity contribution is 0.278. The molecule has 0 unspecified atom stereocenters. The number of nitrogens with one attached hydrogen (secondary N) is 2. The average molecular weight is 279 g/mol. The van der Waals surface area contributed by atoms with Crippen molar-refractivity contribution in [1.82, 2.24) is 14.9 Å². The minimum atomic E-state index is -3.11. The molecule has 2 N–H and O–H groups in total. The molecule has 0 fully saturated rings. The van der Waals surface area contributed by atoms with Crippen molar-refractivity contribution in [2.45, 2.75) is 39.7 Å². The zero-order chi connectivity index (χ0) is 14.0. The van der Waals surface area contributed by atoms with Gasteiger partial charge in [-0.3, -0.25) is 0 Å². The van der Waals surface area contributed by atoms with Gasteiger partial charge in [-0.05, 0) is 46.8 Å². The Balaban J connectivity index is 3.67. The zero-order valence-electron chi connectivity index (χ0n) is 12.2. The summed E-state index contributed by atoms with van der Waals surface area (Å²) in [5, 5.41) is 3.20. The van der Waals surface area contributed by atoms with Crippen LogP contribution in [0.15, 0.2) is 0 Å². The van der Waals surface area contributed by atoms with Gasteiger partial charge in [0.25, 0.3) is 0 Å². The molecule has 6 heteroatoms. The molecule has 0 rings (SSSR count). The van der Waals surface area contributed by atoms with Crippen LogP contribution in [-0.2, 0) is 10.0 Å². The molecule has 0 aromatic rings. The minimum absolute atomic E-state index is 0.203. The second-order valence-corrected chi connectivity index (χ2v) is 6.82. The van der Waals surface area contributed by atoms with Crippen LogP contribution in [0.1, 0.15) is 33.6 Å². The van der Waals surface area contributed by atoms with Crippen LogP contribution in [0.2, 0.25) is 0 Å². The van der Waals surface area contributed by atoms with E-state index in [2.05, 4.69) is 35.7 Å². The van der Waals surface area contributed by atoms with E-state index in [1.165, 1.54) is 0 Å². The monoisotopic (exact) mass is 279 g/mol. The summed E-state index contributed by atoms with van der Waals surface area (Å²) in [6.45, 7) is 9.22. The Labute approximate surface area is 112 Å². The third-order valence-corrected chi connectivity index (χ3v) is 4.33. The van der Waals surface area contributed by atoms with E-state index < -0.39 is 10.0 Å². The van der Waals surface area contributed by atoms with E-state index in [4.69, 9.17) is 0 Å². The molecule has 0 aliphatic rings. The lowest BCUT2D eigenvalue weighted by atomic mass is 10.3. The molecule has 0 aliphatic heterocycles. The summed E-state index contributed by atoms with van der Waals surface area (Å²) in [5.74, 6) is 0.203. The van der Waals surface area contributed by atoms with Gasteiger partial charge in [0.15, 0.2) is 0 Å². The highest BCUT2D eigenvalue weighted by Crippen LogP contribution is 1.93. The van der Waals surface area contributed by atoms with Gasteiger partial charge in [-0.25, -0.2) is 13.1 Å². The van der Waals surface area contributed by atoms with Crippen molar-refractivity contribution in [2.24, 2.45) is 0 Å². The Kier molecular flexibility index (Phi) is 9.63. The summed E-state index contributed by atoms with van der Waals surface area (Å²) < 4.78 is 26.0. The molecule has 0 heterocycles. The summed E-state index contributed by atoms with van der Waals surface area (Å²) >= 11 is 0. The lowest BCUT2D eigenvalue weighted by Gasteiger charge is -2.20. The Hall–Kier alpha value is -0.170. The SMILES string of the molecule is CCCNCCCS(=O)(=O)NCCN(C)C(C)C. The van der Waals surface area contributed by atoms with Gasteiger partial charge < -0.3 is 10.2 Å². The molecule has 0 saturated carbocycles. The Bertz CT molecular complexity index is 292. The number of rotatable bonds is 11. The summed E-state index contributed by atoms with van der Waals surface area (Å²) in [6.07, 6.45) is 1.74. The highest BCUT2D eigenvalue weighted by molar-refractivity contribution is 7.89. The minimum Gasteiger partial charge on any atom is -0.317 e. The van der Waals surface area contributed by atoms with Gasteiger partial charge in [0.05, 0.1) is 5.75 Å². The van der Waals surface area contributed by atoms with Gasteiger partial charge in [0.2, 0.25) is 10.0 Å². The molecular weight excluding hydrogens is 250 g/mol. The fourth-order valence-electron chi connectivity index (χ4n) is 1.40. The maximum Gasteiger partial charge on any atom is 0.211 e. The van der Waals surface area contributed by atoms with Crippen LogP contribution in [0, 0.1) is 0 Å². The lowest BCUT2D eigenvalue weighted by Crippen LogP contribution is -2.37.